The van der Waals surface area contributed by atoms with Crippen molar-refractivity contribution in [3.05, 3.63) is 16.1 Å². The van der Waals surface area contributed by atoms with Crippen molar-refractivity contribution in [2.24, 2.45) is 0 Å². The summed E-state index contributed by atoms with van der Waals surface area (Å²) < 4.78 is 11.2. The van der Waals surface area contributed by atoms with E-state index in [9.17, 15) is 15.0 Å². The third-order valence-electron chi connectivity index (χ3n) is 3.42. The lowest BCUT2D eigenvalue weighted by molar-refractivity contribution is -0.140. The molecule has 3 rings (SSSR count). The van der Waals surface area contributed by atoms with Crippen LogP contribution >= 0.6 is 15.9 Å². The maximum absolute atomic E-state index is 11.3. The van der Waals surface area contributed by atoms with Gasteiger partial charge in [0.05, 0.1) is 5.41 Å². The van der Waals surface area contributed by atoms with Crippen LogP contribution in [0.4, 0.5) is 0 Å². The van der Waals surface area contributed by atoms with Crippen molar-refractivity contribution in [1.29, 1.82) is 0 Å². The number of carboxylic acid groups (broad SMARTS) is 1. The Morgan fingerprint density at radius 2 is 2.00 bits per heavy atom. The van der Waals surface area contributed by atoms with E-state index in [0.717, 1.165) is 0 Å². The molecule has 2 N–H and O–H groups in total. The summed E-state index contributed by atoms with van der Waals surface area (Å²) in [5.74, 6) is -0.0716. The van der Waals surface area contributed by atoms with E-state index in [-0.39, 0.29) is 5.75 Å². The van der Waals surface area contributed by atoms with Gasteiger partial charge in [0.2, 0.25) is 0 Å². The molecule has 1 aliphatic heterocycles. The van der Waals surface area contributed by atoms with E-state index in [1.54, 1.807) is 6.07 Å². The Hall–Kier alpha value is -1.43. The van der Waals surface area contributed by atoms with Crippen LogP contribution in [0.25, 0.3) is 0 Å². The van der Waals surface area contributed by atoms with Gasteiger partial charge in [-0.2, -0.15) is 0 Å². The van der Waals surface area contributed by atoms with Gasteiger partial charge >= 0.3 is 5.97 Å². The molecule has 1 aliphatic carbocycles. The van der Waals surface area contributed by atoms with Gasteiger partial charge in [-0.05, 0) is 34.8 Å². The fraction of sp³-hybridized carbons (Fsp3) is 0.417. The highest BCUT2D eigenvalue weighted by Gasteiger charge is 2.54. The van der Waals surface area contributed by atoms with Gasteiger partial charge in [0.15, 0.2) is 11.5 Å². The largest absolute Gasteiger partial charge is 0.506 e. The van der Waals surface area contributed by atoms with Gasteiger partial charge in [0.1, 0.15) is 23.4 Å². The first-order valence-electron chi connectivity index (χ1n) is 5.61. The van der Waals surface area contributed by atoms with E-state index in [0.29, 0.717) is 47.6 Å². The number of phenolic OH excluding ortho intramolecular Hbond substituents is 1. The molecule has 0 bridgehead atoms. The quantitative estimate of drug-likeness (QED) is 0.873. The molecule has 2 aliphatic rings. The van der Waals surface area contributed by atoms with Crippen LogP contribution in [0.3, 0.4) is 0 Å². The normalized spacial score (nSPS) is 19.4. The highest BCUT2D eigenvalue weighted by molar-refractivity contribution is 9.10. The third kappa shape index (κ3) is 1.48. The second kappa shape index (κ2) is 3.78. The Labute approximate surface area is 111 Å². The number of carboxylic acids is 1. The number of fused-ring (bicyclic) bond motifs is 1. The minimum atomic E-state index is -0.970. The molecule has 0 spiro atoms. The number of aliphatic carboxylic acids is 1. The van der Waals surface area contributed by atoms with Crippen LogP contribution in [0.15, 0.2) is 10.5 Å². The van der Waals surface area contributed by atoms with E-state index < -0.39 is 11.4 Å². The van der Waals surface area contributed by atoms with E-state index in [2.05, 4.69) is 15.9 Å². The first-order chi connectivity index (χ1) is 8.56. The van der Waals surface area contributed by atoms with Gasteiger partial charge in [-0.3, -0.25) is 4.79 Å². The summed E-state index contributed by atoms with van der Waals surface area (Å²) in [6.07, 6.45) is 1.06. The fourth-order valence-corrected chi connectivity index (χ4v) is 2.75. The van der Waals surface area contributed by atoms with E-state index in [1.807, 2.05) is 0 Å². The Balaban J connectivity index is 2.17. The Morgan fingerprint density at radius 3 is 2.61 bits per heavy atom. The molecule has 1 aromatic rings. The molecule has 0 amide bonds. The van der Waals surface area contributed by atoms with Crippen LogP contribution in [-0.4, -0.2) is 29.4 Å². The van der Waals surface area contributed by atoms with Crippen LogP contribution in [0, 0.1) is 0 Å². The summed E-state index contributed by atoms with van der Waals surface area (Å²) in [5, 5.41) is 19.4. The number of carbonyl (C=O) groups is 1. The smallest absolute Gasteiger partial charge is 0.314 e. The molecule has 1 aromatic carbocycles. The van der Waals surface area contributed by atoms with Gasteiger partial charge in [0, 0.05) is 5.56 Å². The second-order valence-corrected chi connectivity index (χ2v) is 5.29. The Bertz CT molecular complexity index is 536. The van der Waals surface area contributed by atoms with Crippen molar-refractivity contribution in [3.8, 4) is 17.2 Å². The molecular formula is C12H11BrO5. The molecule has 0 atom stereocenters. The van der Waals surface area contributed by atoms with Crippen LogP contribution in [0.1, 0.15) is 18.4 Å². The first kappa shape index (κ1) is 11.6. The number of phenols is 1. The van der Waals surface area contributed by atoms with Gasteiger partial charge in [-0.25, -0.2) is 0 Å². The lowest BCUT2D eigenvalue weighted by atomic mass is 9.94. The van der Waals surface area contributed by atoms with Crippen LogP contribution in [0.5, 0.6) is 17.2 Å². The summed E-state index contributed by atoms with van der Waals surface area (Å²) in [4.78, 5) is 11.3. The minimum Gasteiger partial charge on any atom is -0.506 e. The van der Waals surface area contributed by atoms with Gasteiger partial charge in [-0.15, -0.1) is 0 Å². The topological polar surface area (TPSA) is 76.0 Å². The lowest BCUT2D eigenvalue weighted by Crippen LogP contribution is -2.21. The molecule has 96 valence electrons. The zero-order valence-corrected chi connectivity index (χ0v) is 11.0. The number of aromatic hydroxyl groups is 1. The van der Waals surface area contributed by atoms with E-state index in [4.69, 9.17) is 9.47 Å². The maximum Gasteiger partial charge on any atom is 0.314 e. The van der Waals surface area contributed by atoms with Crippen molar-refractivity contribution < 1.29 is 24.5 Å². The monoisotopic (exact) mass is 314 g/mol. The summed E-state index contributed by atoms with van der Waals surface area (Å²) in [5.41, 5.74) is -0.575. The van der Waals surface area contributed by atoms with Crippen LogP contribution in [0.2, 0.25) is 0 Å². The maximum atomic E-state index is 11.3. The van der Waals surface area contributed by atoms with Gasteiger partial charge in [-0.1, -0.05) is 0 Å². The third-order valence-corrected chi connectivity index (χ3v) is 4.16. The molecule has 18 heavy (non-hydrogen) atoms. The molecule has 5 nitrogen and oxygen atoms in total. The van der Waals surface area contributed by atoms with E-state index in [1.165, 1.54) is 0 Å². The highest BCUT2D eigenvalue weighted by atomic mass is 79.9. The number of benzene rings is 1. The first-order valence-corrected chi connectivity index (χ1v) is 6.40. The number of hydrogen-bond acceptors (Lipinski definition) is 4. The summed E-state index contributed by atoms with van der Waals surface area (Å²) in [6.45, 7) is 0.832. The van der Waals surface area contributed by atoms with Crippen molar-refractivity contribution in [3.63, 3.8) is 0 Å². The molecule has 6 heteroatoms. The second-order valence-electron chi connectivity index (χ2n) is 4.50. The summed E-state index contributed by atoms with van der Waals surface area (Å²) in [6, 6.07) is 1.58. The molecule has 1 saturated carbocycles. The zero-order chi connectivity index (χ0) is 12.9. The van der Waals surface area contributed by atoms with Gasteiger partial charge < -0.3 is 19.7 Å². The van der Waals surface area contributed by atoms with E-state index >= 15 is 0 Å². The molecule has 0 unspecified atom stereocenters. The number of halogens is 1. The number of ether oxygens (including phenoxy) is 2. The standard InChI is InChI=1S/C12H11BrO5/c13-8-9(14)6(12(1-2-12)11(15)16)5-7-10(8)18-4-3-17-7/h5,14H,1-4H2,(H,15,16). The molecule has 0 saturated heterocycles. The van der Waals surface area contributed by atoms with Crippen molar-refractivity contribution >= 4 is 21.9 Å². The van der Waals surface area contributed by atoms with Gasteiger partial charge in [0.25, 0.3) is 0 Å². The van der Waals surface area contributed by atoms with Crippen molar-refractivity contribution in [1.82, 2.24) is 0 Å². The average molecular weight is 315 g/mol. The SMILES string of the molecule is O=C(O)C1(c2cc3c(c(Br)c2O)OCCO3)CC1. The van der Waals surface area contributed by atoms with Crippen LogP contribution in [-0.2, 0) is 10.2 Å². The predicted molar refractivity (Wildman–Crippen MR) is 65.3 cm³/mol. The molecule has 0 aromatic heterocycles. The number of hydrogen-bond donors (Lipinski definition) is 2. The lowest BCUT2D eigenvalue weighted by Gasteiger charge is -2.23. The van der Waals surface area contributed by atoms with Crippen molar-refractivity contribution in [2.45, 2.75) is 18.3 Å². The average Bonchev–Trinajstić information content (AvgIpc) is 3.15. The molecule has 1 fully saturated rings. The van der Waals surface area contributed by atoms with Crippen molar-refractivity contribution in [2.75, 3.05) is 13.2 Å². The molecular weight excluding hydrogens is 304 g/mol. The molecule has 0 radical (unpaired) electrons. The zero-order valence-electron chi connectivity index (χ0n) is 9.40. The predicted octanol–water partition coefficient (Wildman–Crippen LogP) is 2.04. The Morgan fingerprint density at radius 1 is 1.33 bits per heavy atom. The summed E-state index contributed by atoms with van der Waals surface area (Å²) in [7, 11) is 0. The minimum absolute atomic E-state index is 0.0702. The fourth-order valence-electron chi connectivity index (χ4n) is 2.22. The number of rotatable bonds is 2. The highest BCUT2D eigenvalue weighted by Crippen LogP contribution is 2.56. The van der Waals surface area contributed by atoms with Crippen LogP contribution < -0.4 is 9.47 Å². The Kier molecular flexibility index (Phi) is 2.45. The molecule has 1 heterocycles. The summed E-state index contributed by atoms with van der Waals surface area (Å²) >= 11 is 3.24.